The number of carbonyl (C=O) groups excluding carboxylic acids is 1. The van der Waals surface area contributed by atoms with Crippen LogP contribution in [0, 0.1) is 5.92 Å². The van der Waals surface area contributed by atoms with Crippen LogP contribution in [0.5, 0.6) is 0 Å². The Morgan fingerprint density at radius 3 is 2.81 bits per heavy atom. The SMILES string of the molecule is CCn1c(=O)c(N2CCCC(C(=O)NCCCN3CCN(C)CC3)C2)nc2cccnc21. The Bertz CT molecular complexity index is 984. The highest BCUT2D eigenvalue weighted by Gasteiger charge is 2.28. The third-order valence-corrected chi connectivity index (χ3v) is 6.64. The summed E-state index contributed by atoms with van der Waals surface area (Å²) in [5.74, 6) is 0.402. The van der Waals surface area contributed by atoms with E-state index < -0.39 is 0 Å². The van der Waals surface area contributed by atoms with Crippen molar-refractivity contribution in [1.29, 1.82) is 0 Å². The monoisotopic (exact) mass is 441 g/mol. The van der Waals surface area contributed by atoms with Crippen LogP contribution in [-0.4, -0.2) is 89.6 Å². The summed E-state index contributed by atoms with van der Waals surface area (Å²) in [6, 6.07) is 3.71. The van der Waals surface area contributed by atoms with Crippen molar-refractivity contribution in [3.05, 3.63) is 28.7 Å². The fourth-order valence-corrected chi connectivity index (χ4v) is 4.68. The first-order valence-electron chi connectivity index (χ1n) is 11.9. The van der Waals surface area contributed by atoms with Gasteiger partial charge in [-0.25, -0.2) is 9.97 Å². The van der Waals surface area contributed by atoms with E-state index in [0.717, 1.165) is 58.5 Å². The van der Waals surface area contributed by atoms with Gasteiger partial charge in [0.1, 0.15) is 5.52 Å². The Labute approximate surface area is 189 Å². The number of hydrogen-bond acceptors (Lipinski definition) is 7. The Hall–Kier alpha value is -2.52. The molecule has 4 rings (SSSR count). The molecule has 0 saturated carbocycles. The van der Waals surface area contributed by atoms with Crippen molar-refractivity contribution in [2.24, 2.45) is 5.92 Å². The van der Waals surface area contributed by atoms with E-state index in [0.29, 0.717) is 36.6 Å². The minimum absolute atomic E-state index is 0.0892. The van der Waals surface area contributed by atoms with Gasteiger partial charge < -0.3 is 20.0 Å². The third-order valence-electron chi connectivity index (χ3n) is 6.64. The summed E-state index contributed by atoms with van der Waals surface area (Å²) >= 11 is 0. The fraction of sp³-hybridized carbons (Fsp3) is 0.652. The van der Waals surface area contributed by atoms with Gasteiger partial charge in [0, 0.05) is 58.6 Å². The molecule has 0 aromatic carbocycles. The van der Waals surface area contributed by atoms with Crippen LogP contribution in [0.15, 0.2) is 23.1 Å². The van der Waals surface area contributed by atoms with Crippen LogP contribution in [0.1, 0.15) is 26.2 Å². The van der Waals surface area contributed by atoms with Crippen LogP contribution in [0.25, 0.3) is 11.2 Å². The molecule has 0 spiro atoms. The molecular weight excluding hydrogens is 406 g/mol. The van der Waals surface area contributed by atoms with Gasteiger partial charge in [-0.3, -0.25) is 14.2 Å². The molecule has 1 atom stereocenters. The Morgan fingerprint density at radius 2 is 2.03 bits per heavy atom. The number of nitrogens with one attached hydrogen (secondary N) is 1. The molecule has 32 heavy (non-hydrogen) atoms. The predicted octanol–water partition coefficient (Wildman–Crippen LogP) is 0.782. The maximum absolute atomic E-state index is 13.1. The third kappa shape index (κ3) is 5.10. The molecular formula is C23H35N7O2. The second-order valence-corrected chi connectivity index (χ2v) is 8.91. The number of piperidine rings is 1. The van der Waals surface area contributed by atoms with Crippen molar-refractivity contribution in [1.82, 2.24) is 29.7 Å². The van der Waals surface area contributed by atoms with Gasteiger partial charge in [-0.2, -0.15) is 0 Å². The molecule has 1 N–H and O–H groups in total. The van der Waals surface area contributed by atoms with Crippen LogP contribution in [0.2, 0.25) is 0 Å². The van der Waals surface area contributed by atoms with Crippen LogP contribution in [0.4, 0.5) is 5.82 Å². The molecule has 2 aromatic heterocycles. The fourth-order valence-electron chi connectivity index (χ4n) is 4.68. The molecule has 9 heteroatoms. The Kier molecular flexibility index (Phi) is 7.36. The summed E-state index contributed by atoms with van der Waals surface area (Å²) in [5.41, 5.74) is 1.18. The van der Waals surface area contributed by atoms with Gasteiger partial charge in [-0.15, -0.1) is 0 Å². The number of likely N-dealkylation sites (N-methyl/N-ethyl adjacent to an activating group) is 1. The molecule has 2 aromatic rings. The molecule has 1 amide bonds. The zero-order valence-electron chi connectivity index (χ0n) is 19.3. The van der Waals surface area contributed by atoms with E-state index in [9.17, 15) is 9.59 Å². The van der Waals surface area contributed by atoms with Gasteiger partial charge in [0.25, 0.3) is 5.56 Å². The molecule has 0 radical (unpaired) electrons. The summed E-state index contributed by atoms with van der Waals surface area (Å²) in [4.78, 5) is 41.7. The van der Waals surface area contributed by atoms with Crippen molar-refractivity contribution in [3.8, 4) is 0 Å². The summed E-state index contributed by atoms with van der Waals surface area (Å²) < 4.78 is 1.67. The van der Waals surface area contributed by atoms with Gasteiger partial charge in [0.15, 0.2) is 11.5 Å². The first kappa shape index (κ1) is 22.7. The largest absolute Gasteiger partial charge is 0.356 e. The van der Waals surface area contributed by atoms with E-state index in [1.165, 1.54) is 0 Å². The van der Waals surface area contributed by atoms with Gasteiger partial charge in [-0.05, 0) is 51.9 Å². The van der Waals surface area contributed by atoms with Crippen molar-refractivity contribution in [2.75, 3.05) is 64.3 Å². The molecule has 1 unspecified atom stereocenters. The van der Waals surface area contributed by atoms with Crippen LogP contribution >= 0.6 is 0 Å². The van der Waals surface area contributed by atoms with E-state index in [-0.39, 0.29) is 17.4 Å². The van der Waals surface area contributed by atoms with E-state index in [4.69, 9.17) is 0 Å². The zero-order chi connectivity index (χ0) is 22.5. The van der Waals surface area contributed by atoms with Crippen molar-refractivity contribution in [3.63, 3.8) is 0 Å². The Balaban J connectivity index is 1.34. The molecule has 2 fully saturated rings. The summed E-state index contributed by atoms with van der Waals surface area (Å²) in [7, 11) is 2.16. The number of carbonyl (C=O) groups is 1. The first-order chi connectivity index (χ1) is 15.6. The van der Waals surface area contributed by atoms with Crippen molar-refractivity contribution < 1.29 is 4.79 Å². The second kappa shape index (κ2) is 10.4. The number of nitrogens with zero attached hydrogens (tertiary/aromatic N) is 6. The number of piperazine rings is 1. The molecule has 9 nitrogen and oxygen atoms in total. The van der Waals surface area contributed by atoms with Gasteiger partial charge in [0.05, 0.1) is 5.92 Å². The summed E-state index contributed by atoms with van der Waals surface area (Å²) in [6.07, 6.45) is 4.36. The van der Waals surface area contributed by atoms with Crippen LogP contribution in [0.3, 0.4) is 0 Å². The number of pyridine rings is 1. The normalized spacial score (nSPS) is 20.6. The number of anilines is 1. The number of aryl methyl sites for hydroxylation is 1. The number of rotatable bonds is 7. The average molecular weight is 442 g/mol. The topological polar surface area (TPSA) is 86.6 Å². The first-order valence-corrected chi connectivity index (χ1v) is 11.9. The quantitative estimate of drug-likeness (QED) is 0.636. The second-order valence-electron chi connectivity index (χ2n) is 8.91. The zero-order valence-corrected chi connectivity index (χ0v) is 19.3. The molecule has 4 heterocycles. The lowest BCUT2D eigenvalue weighted by molar-refractivity contribution is -0.125. The minimum atomic E-state index is -0.132. The van der Waals surface area contributed by atoms with Crippen molar-refractivity contribution >= 4 is 22.9 Å². The molecule has 0 bridgehead atoms. The highest BCUT2D eigenvalue weighted by Crippen LogP contribution is 2.21. The van der Waals surface area contributed by atoms with Crippen LogP contribution < -0.4 is 15.8 Å². The van der Waals surface area contributed by atoms with E-state index in [1.807, 2.05) is 24.0 Å². The van der Waals surface area contributed by atoms with Crippen molar-refractivity contribution in [2.45, 2.75) is 32.7 Å². The van der Waals surface area contributed by atoms with Gasteiger partial charge in [-0.1, -0.05) is 0 Å². The van der Waals surface area contributed by atoms with E-state index in [1.54, 1.807) is 10.8 Å². The summed E-state index contributed by atoms with van der Waals surface area (Å²) in [6.45, 7) is 9.90. The standard InChI is InChI=1S/C23H35N7O2/c1-3-30-20-19(8-4-9-24-20)26-21(23(30)32)29-12-5-7-18(17-29)22(31)25-10-6-11-28-15-13-27(2)14-16-28/h4,8-9,18H,3,5-7,10-17H2,1-2H3,(H,25,31). The average Bonchev–Trinajstić information content (AvgIpc) is 2.82. The lowest BCUT2D eigenvalue weighted by Crippen LogP contribution is -2.47. The molecule has 2 saturated heterocycles. The maximum Gasteiger partial charge on any atom is 0.295 e. The number of amides is 1. The van der Waals surface area contributed by atoms with E-state index >= 15 is 0 Å². The molecule has 0 aliphatic carbocycles. The molecule has 2 aliphatic rings. The number of hydrogen-bond donors (Lipinski definition) is 1. The smallest absolute Gasteiger partial charge is 0.295 e. The summed E-state index contributed by atoms with van der Waals surface area (Å²) in [5, 5.41) is 3.12. The number of fused-ring (bicyclic) bond motifs is 1. The molecule has 2 aliphatic heterocycles. The lowest BCUT2D eigenvalue weighted by Gasteiger charge is -2.33. The van der Waals surface area contributed by atoms with Gasteiger partial charge >= 0.3 is 0 Å². The highest BCUT2D eigenvalue weighted by atomic mass is 16.2. The van der Waals surface area contributed by atoms with E-state index in [2.05, 4.69) is 32.1 Å². The Morgan fingerprint density at radius 1 is 1.22 bits per heavy atom. The van der Waals surface area contributed by atoms with Gasteiger partial charge in [0.2, 0.25) is 5.91 Å². The molecule has 174 valence electrons. The number of aromatic nitrogens is 3. The lowest BCUT2D eigenvalue weighted by atomic mass is 9.97. The minimum Gasteiger partial charge on any atom is -0.356 e. The maximum atomic E-state index is 13.1. The van der Waals surface area contributed by atoms with Crippen LogP contribution in [-0.2, 0) is 11.3 Å². The predicted molar refractivity (Wildman–Crippen MR) is 126 cm³/mol. The highest BCUT2D eigenvalue weighted by molar-refractivity contribution is 5.79.